The molecule has 6 heteroatoms. The lowest BCUT2D eigenvalue weighted by molar-refractivity contribution is 0.0694. The summed E-state index contributed by atoms with van der Waals surface area (Å²) in [5.41, 5.74) is -0.872. The maximum absolute atomic E-state index is 11.7. The standard InChI is InChI=1S/C18H18O6/c1-4-7-10-13(16(19)20)11(8-5-2)15(18(23)24)12(9-6-3)14(10)17(21)22/h4-6H,1-3,7-9H2,(H,19,20)(H,21,22)(H,23,24). The molecule has 0 atom stereocenters. The first-order chi connectivity index (χ1) is 11.3. The maximum atomic E-state index is 11.7. The smallest absolute Gasteiger partial charge is 0.336 e. The summed E-state index contributed by atoms with van der Waals surface area (Å²) in [6, 6.07) is 0. The van der Waals surface area contributed by atoms with Gasteiger partial charge < -0.3 is 15.3 Å². The first kappa shape index (κ1) is 18.9. The third-order valence-electron chi connectivity index (χ3n) is 3.50. The summed E-state index contributed by atoms with van der Waals surface area (Å²) in [5, 5.41) is 28.7. The highest BCUT2D eigenvalue weighted by atomic mass is 16.4. The molecular formula is C18H18O6. The number of aromatic carboxylic acids is 3. The van der Waals surface area contributed by atoms with E-state index in [-0.39, 0.29) is 52.6 Å². The minimum absolute atomic E-state index is 0.0164. The van der Waals surface area contributed by atoms with E-state index in [1.807, 2.05) is 0 Å². The van der Waals surface area contributed by atoms with Gasteiger partial charge in [-0.25, -0.2) is 14.4 Å². The molecule has 0 heterocycles. The Labute approximate surface area is 139 Å². The van der Waals surface area contributed by atoms with Crippen LogP contribution >= 0.6 is 0 Å². The van der Waals surface area contributed by atoms with E-state index < -0.39 is 17.9 Å². The number of carboxylic acids is 3. The molecule has 0 radical (unpaired) electrons. The van der Waals surface area contributed by atoms with Crippen LogP contribution in [0.1, 0.15) is 47.8 Å². The van der Waals surface area contributed by atoms with Crippen LogP contribution in [0.4, 0.5) is 0 Å². The Balaban J connectivity index is 4.20. The van der Waals surface area contributed by atoms with Crippen LogP contribution < -0.4 is 0 Å². The van der Waals surface area contributed by atoms with Crippen LogP contribution in [0.25, 0.3) is 0 Å². The molecule has 3 N–H and O–H groups in total. The van der Waals surface area contributed by atoms with Gasteiger partial charge in [0, 0.05) is 0 Å². The van der Waals surface area contributed by atoms with Crippen molar-refractivity contribution < 1.29 is 29.7 Å². The summed E-state index contributed by atoms with van der Waals surface area (Å²) in [6.45, 7) is 10.6. The fraction of sp³-hybridized carbons (Fsp3) is 0.167. The van der Waals surface area contributed by atoms with Gasteiger partial charge in [-0.05, 0) is 36.0 Å². The van der Waals surface area contributed by atoms with Crippen LogP contribution in [0.15, 0.2) is 38.0 Å². The molecule has 1 aromatic rings. The van der Waals surface area contributed by atoms with E-state index >= 15 is 0 Å². The van der Waals surface area contributed by atoms with Gasteiger partial charge >= 0.3 is 17.9 Å². The first-order valence-corrected chi connectivity index (χ1v) is 7.04. The van der Waals surface area contributed by atoms with Gasteiger partial charge in [0.15, 0.2) is 0 Å². The van der Waals surface area contributed by atoms with E-state index in [1.165, 1.54) is 18.2 Å². The number of hydrogen-bond donors (Lipinski definition) is 3. The van der Waals surface area contributed by atoms with Crippen molar-refractivity contribution in [1.82, 2.24) is 0 Å². The highest BCUT2D eigenvalue weighted by Gasteiger charge is 2.31. The minimum atomic E-state index is -1.39. The molecule has 6 nitrogen and oxygen atoms in total. The summed E-state index contributed by atoms with van der Waals surface area (Å²) in [6.07, 6.45) is 4.09. The first-order valence-electron chi connectivity index (χ1n) is 7.04. The highest BCUT2D eigenvalue weighted by molar-refractivity contribution is 6.05. The van der Waals surface area contributed by atoms with Crippen LogP contribution in [0.2, 0.25) is 0 Å². The van der Waals surface area contributed by atoms with Gasteiger partial charge in [-0.15, -0.1) is 19.7 Å². The van der Waals surface area contributed by atoms with Gasteiger partial charge in [-0.1, -0.05) is 18.2 Å². The number of benzene rings is 1. The highest BCUT2D eigenvalue weighted by Crippen LogP contribution is 2.31. The average molecular weight is 330 g/mol. The largest absolute Gasteiger partial charge is 0.478 e. The van der Waals surface area contributed by atoms with E-state index in [2.05, 4.69) is 19.7 Å². The monoisotopic (exact) mass is 330 g/mol. The van der Waals surface area contributed by atoms with Crippen LogP contribution in [0.5, 0.6) is 0 Å². The number of allylic oxidation sites excluding steroid dienone is 3. The van der Waals surface area contributed by atoms with Crippen LogP contribution in [0, 0.1) is 0 Å². The molecule has 0 amide bonds. The molecule has 1 aromatic carbocycles. The van der Waals surface area contributed by atoms with Crippen molar-refractivity contribution in [3.8, 4) is 0 Å². The van der Waals surface area contributed by atoms with Crippen molar-refractivity contribution >= 4 is 17.9 Å². The molecule has 24 heavy (non-hydrogen) atoms. The molecule has 0 bridgehead atoms. The number of carboxylic acid groups (broad SMARTS) is 3. The van der Waals surface area contributed by atoms with Crippen molar-refractivity contribution in [3.63, 3.8) is 0 Å². The molecule has 0 aliphatic rings. The predicted molar refractivity (Wildman–Crippen MR) is 89.0 cm³/mol. The van der Waals surface area contributed by atoms with Crippen LogP contribution in [-0.4, -0.2) is 33.2 Å². The molecule has 0 spiro atoms. The van der Waals surface area contributed by atoms with E-state index in [9.17, 15) is 29.7 Å². The van der Waals surface area contributed by atoms with Crippen LogP contribution in [-0.2, 0) is 19.3 Å². The predicted octanol–water partition coefficient (Wildman–Crippen LogP) is 2.97. The molecule has 0 aliphatic heterocycles. The lowest BCUT2D eigenvalue weighted by atomic mass is 9.82. The summed E-state index contributed by atoms with van der Waals surface area (Å²) >= 11 is 0. The zero-order valence-electron chi connectivity index (χ0n) is 13.0. The topological polar surface area (TPSA) is 112 Å². The van der Waals surface area contributed by atoms with Crippen molar-refractivity contribution in [1.29, 1.82) is 0 Å². The summed E-state index contributed by atoms with van der Waals surface area (Å²) in [7, 11) is 0. The molecule has 0 saturated carbocycles. The maximum Gasteiger partial charge on any atom is 0.336 e. The zero-order chi connectivity index (χ0) is 18.4. The van der Waals surface area contributed by atoms with Crippen molar-refractivity contribution in [2.45, 2.75) is 19.3 Å². The van der Waals surface area contributed by atoms with Gasteiger partial charge in [0.2, 0.25) is 0 Å². The van der Waals surface area contributed by atoms with Crippen molar-refractivity contribution in [2.75, 3.05) is 0 Å². The summed E-state index contributed by atoms with van der Waals surface area (Å²) in [4.78, 5) is 35.2. The molecule has 0 unspecified atom stereocenters. The number of rotatable bonds is 9. The van der Waals surface area contributed by atoms with E-state index in [1.54, 1.807) is 0 Å². The Hall–Kier alpha value is -3.15. The zero-order valence-corrected chi connectivity index (χ0v) is 13.0. The Kier molecular flexibility index (Phi) is 6.23. The molecule has 0 aliphatic carbocycles. The third kappa shape index (κ3) is 3.43. The molecule has 0 aromatic heterocycles. The SMILES string of the molecule is C=CCc1c(C(=O)O)c(CC=C)c(C(=O)O)c(CC=C)c1C(=O)O. The lowest BCUT2D eigenvalue weighted by Gasteiger charge is -2.20. The molecule has 0 fully saturated rings. The van der Waals surface area contributed by atoms with Gasteiger partial charge in [-0.2, -0.15) is 0 Å². The Morgan fingerprint density at radius 3 is 0.958 bits per heavy atom. The summed E-state index contributed by atoms with van der Waals surface area (Å²) < 4.78 is 0. The number of carbonyl (C=O) groups is 3. The van der Waals surface area contributed by atoms with Crippen molar-refractivity contribution in [3.05, 3.63) is 71.3 Å². The van der Waals surface area contributed by atoms with Gasteiger partial charge in [-0.3, -0.25) is 0 Å². The summed E-state index contributed by atoms with van der Waals surface area (Å²) in [5.74, 6) is -4.17. The van der Waals surface area contributed by atoms with Crippen molar-refractivity contribution in [2.24, 2.45) is 0 Å². The fourth-order valence-electron chi connectivity index (χ4n) is 2.74. The Bertz CT molecular complexity index is 621. The van der Waals surface area contributed by atoms with E-state index in [0.717, 1.165) is 0 Å². The second-order valence-corrected chi connectivity index (χ2v) is 4.95. The molecule has 0 saturated heterocycles. The fourth-order valence-corrected chi connectivity index (χ4v) is 2.74. The molecule has 1 rings (SSSR count). The normalized spacial score (nSPS) is 10.0. The van der Waals surface area contributed by atoms with Gasteiger partial charge in [0.1, 0.15) is 0 Å². The van der Waals surface area contributed by atoms with E-state index in [0.29, 0.717) is 0 Å². The van der Waals surface area contributed by atoms with E-state index in [4.69, 9.17) is 0 Å². The minimum Gasteiger partial charge on any atom is -0.478 e. The quantitative estimate of drug-likeness (QED) is 0.600. The lowest BCUT2D eigenvalue weighted by Crippen LogP contribution is -2.21. The van der Waals surface area contributed by atoms with Crippen LogP contribution in [0.3, 0.4) is 0 Å². The number of hydrogen-bond acceptors (Lipinski definition) is 3. The van der Waals surface area contributed by atoms with Gasteiger partial charge in [0.05, 0.1) is 16.7 Å². The molecule has 126 valence electrons. The second-order valence-electron chi connectivity index (χ2n) is 4.95. The Morgan fingerprint density at radius 1 is 0.625 bits per heavy atom. The van der Waals surface area contributed by atoms with Gasteiger partial charge in [0.25, 0.3) is 0 Å². The molecular weight excluding hydrogens is 312 g/mol. The Morgan fingerprint density at radius 2 is 0.833 bits per heavy atom. The third-order valence-corrected chi connectivity index (χ3v) is 3.50. The average Bonchev–Trinajstić information content (AvgIpc) is 2.46. The second kappa shape index (κ2) is 7.92.